The molecule has 0 unspecified atom stereocenters. The number of fused-ring (bicyclic) bond motifs is 1. The maximum atomic E-state index is 12.7. The monoisotopic (exact) mass is 409 g/mol. The van der Waals surface area contributed by atoms with E-state index < -0.39 is 12.1 Å². The molecule has 2 atom stereocenters. The van der Waals surface area contributed by atoms with E-state index in [1.165, 1.54) is 0 Å². The van der Waals surface area contributed by atoms with Gasteiger partial charge >= 0.3 is 5.97 Å². The summed E-state index contributed by atoms with van der Waals surface area (Å²) in [5, 5.41) is 3.67. The fourth-order valence-electron chi connectivity index (χ4n) is 3.41. The molecule has 3 rings (SSSR count). The lowest BCUT2D eigenvalue weighted by Crippen LogP contribution is -2.38. The molecule has 158 valence electrons. The van der Waals surface area contributed by atoms with Crippen LogP contribution in [0.25, 0.3) is 11.0 Å². The van der Waals surface area contributed by atoms with Gasteiger partial charge in [-0.3, -0.25) is 4.79 Å². The van der Waals surface area contributed by atoms with Crippen molar-refractivity contribution in [1.29, 1.82) is 0 Å². The lowest BCUT2D eigenvalue weighted by molar-refractivity contribution is -0.129. The number of hydrogen-bond acceptors (Lipinski definition) is 5. The van der Waals surface area contributed by atoms with Crippen molar-refractivity contribution in [3.05, 3.63) is 71.5 Å². The molecule has 0 aliphatic carbocycles. The highest BCUT2D eigenvalue weighted by Gasteiger charge is 2.26. The van der Waals surface area contributed by atoms with Crippen molar-refractivity contribution in [2.75, 3.05) is 13.7 Å². The van der Waals surface area contributed by atoms with E-state index in [-0.39, 0.29) is 24.2 Å². The number of para-hydroxylation sites is 1. The number of ether oxygens (including phenoxy) is 2. The molecule has 0 aliphatic heterocycles. The second kappa shape index (κ2) is 10.1. The zero-order chi connectivity index (χ0) is 21.5. The fraction of sp³-hybridized carbons (Fsp3) is 0.333. The number of hydrogen-bond donors (Lipinski definition) is 1. The highest BCUT2D eigenvalue weighted by atomic mass is 16.6. The molecule has 0 spiro atoms. The quantitative estimate of drug-likeness (QED) is 0.529. The molecule has 30 heavy (non-hydrogen) atoms. The highest BCUT2D eigenvalue weighted by molar-refractivity contribution is 5.97. The van der Waals surface area contributed by atoms with Gasteiger partial charge in [-0.05, 0) is 25.0 Å². The van der Waals surface area contributed by atoms with Gasteiger partial charge in [0.05, 0.1) is 6.61 Å². The molecule has 2 aromatic carbocycles. The zero-order valence-corrected chi connectivity index (χ0v) is 17.5. The van der Waals surface area contributed by atoms with E-state index >= 15 is 0 Å². The van der Waals surface area contributed by atoms with Crippen LogP contribution >= 0.6 is 0 Å². The molecule has 0 saturated heterocycles. The minimum atomic E-state index is -0.950. The second-order valence-electron chi connectivity index (χ2n) is 7.15. The molecular weight excluding hydrogens is 382 g/mol. The van der Waals surface area contributed by atoms with E-state index in [1.807, 2.05) is 48.5 Å². The number of carbonyl (C=O) groups is 2. The van der Waals surface area contributed by atoms with Crippen LogP contribution in [-0.4, -0.2) is 31.6 Å². The predicted molar refractivity (Wildman–Crippen MR) is 114 cm³/mol. The molecule has 0 aliphatic rings. The van der Waals surface area contributed by atoms with Crippen LogP contribution in [-0.2, 0) is 20.9 Å². The first-order valence-electron chi connectivity index (χ1n) is 10.1. The lowest BCUT2D eigenvalue weighted by Gasteiger charge is -2.18. The van der Waals surface area contributed by atoms with Gasteiger partial charge in [-0.25, -0.2) is 4.79 Å². The van der Waals surface area contributed by atoms with Gasteiger partial charge in [0.25, 0.3) is 5.91 Å². The summed E-state index contributed by atoms with van der Waals surface area (Å²) in [5.41, 5.74) is 2.35. The summed E-state index contributed by atoms with van der Waals surface area (Å²) >= 11 is 0. The first kappa shape index (κ1) is 21.6. The number of nitrogens with one attached hydrogen (secondary N) is 1. The third kappa shape index (κ3) is 4.89. The lowest BCUT2D eigenvalue weighted by atomic mass is 9.96. The number of methoxy groups -OCH3 is 1. The van der Waals surface area contributed by atoms with Crippen LogP contribution in [0.15, 0.2) is 59.0 Å². The van der Waals surface area contributed by atoms with Crippen LogP contribution in [0.1, 0.15) is 47.9 Å². The summed E-state index contributed by atoms with van der Waals surface area (Å²) in [5.74, 6) is -0.770. The molecule has 0 radical (unpaired) electrons. The Kier molecular flexibility index (Phi) is 7.25. The Labute approximate surface area is 176 Å². The first-order chi connectivity index (χ1) is 14.5. The van der Waals surface area contributed by atoms with Gasteiger partial charge in [-0.1, -0.05) is 55.5 Å². The van der Waals surface area contributed by atoms with Gasteiger partial charge in [-0.15, -0.1) is 0 Å². The van der Waals surface area contributed by atoms with E-state index in [9.17, 15) is 9.59 Å². The Balaban J connectivity index is 1.64. The number of rotatable bonds is 9. The van der Waals surface area contributed by atoms with Gasteiger partial charge in [-0.2, -0.15) is 0 Å². The maximum Gasteiger partial charge on any atom is 0.375 e. The number of carbonyl (C=O) groups excluding carboxylic acids is 2. The van der Waals surface area contributed by atoms with Gasteiger partial charge in [0.1, 0.15) is 5.58 Å². The van der Waals surface area contributed by atoms with E-state index in [1.54, 1.807) is 20.1 Å². The Morgan fingerprint density at radius 2 is 1.77 bits per heavy atom. The van der Waals surface area contributed by atoms with Crippen molar-refractivity contribution in [3.8, 4) is 0 Å². The molecule has 1 amide bonds. The van der Waals surface area contributed by atoms with Crippen LogP contribution in [0.5, 0.6) is 0 Å². The average molecular weight is 409 g/mol. The Bertz CT molecular complexity index is 995. The van der Waals surface area contributed by atoms with Crippen molar-refractivity contribution in [1.82, 2.24) is 5.32 Å². The first-order valence-corrected chi connectivity index (χ1v) is 10.1. The minimum absolute atomic E-state index is 0.0634. The van der Waals surface area contributed by atoms with Crippen LogP contribution in [0.2, 0.25) is 0 Å². The van der Waals surface area contributed by atoms with Crippen LogP contribution in [0.3, 0.4) is 0 Å². The summed E-state index contributed by atoms with van der Waals surface area (Å²) in [6, 6.07) is 17.3. The zero-order valence-electron chi connectivity index (χ0n) is 17.5. The largest absolute Gasteiger partial charge is 0.449 e. The molecule has 6 nitrogen and oxygen atoms in total. The van der Waals surface area contributed by atoms with Crippen LogP contribution in [0.4, 0.5) is 0 Å². The smallest absolute Gasteiger partial charge is 0.375 e. The number of benzene rings is 2. The van der Waals surface area contributed by atoms with E-state index in [0.29, 0.717) is 17.7 Å². The second-order valence-corrected chi connectivity index (χ2v) is 7.15. The van der Waals surface area contributed by atoms with Crippen molar-refractivity contribution in [2.45, 2.75) is 38.9 Å². The summed E-state index contributed by atoms with van der Waals surface area (Å²) in [6.45, 7) is 4.31. The molecule has 1 heterocycles. The van der Waals surface area contributed by atoms with Crippen molar-refractivity contribution >= 4 is 22.8 Å². The topological polar surface area (TPSA) is 77.8 Å². The van der Waals surface area contributed by atoms with Crippen LogP contribution < -0.4 is 5.32 Å². The number of furan rings is 1. The van der Waals surface area contributed by atoms with E-state index in [0.717, 1.165) is 17.4 Å². The Morgan fingerprint density at radius 1 is 1.07 bits per heavy atom. The van der Waals surface area contributed by atoms with Crippen molar-refractivity contribution in [3.63, 3.8) is 0 Å². The van der Waals surface area contributed by atoms with E-state index in [2.05, 4.69) is 12.2 Å². The third-order valence-corrected chi connectivity index (χ3v) is 5.11. The molecule has 3 aromatic rings. The fourth-order valence-corrected chi connectivity index (χ4v) is 3.41. The molecule has 1 aromatic heterocycles. The summed E-state index contributed by atoms with van der Waals surface area (Å²) < 4.78 is 16.3. The summed E-state index contributed by atoms with van der Waals surface area (Å²) in [7, 11) is 1.55. The predicted octanol–water partition coefficient (Wildman–Crippen LogP) is 4.43. The van der Waals surface area contributed by atoms with E-state index in [4.69, 9.17) is 13.9 Å². The molecule has 0 bridgehead atoms. The summed E-state index contributed by atoms with van der Waals surface area (Å²) in [4.78, 5) is 25.2. The summed E-state index contributed by atoms with van der Waals surface area (Å²) in [6.07, 6.45) is -0.0629. The number of amides is 1. The highest BCUT2D eigenvalue weighted by Crippen LogP contribution is 2.27. The molecule has 1 N–H and O–H groups in total. The third-order valence-electron chi connectivity index (χ3n) is 5.11. The minimum Gasteiger partial charge on any atom is -0.449 e. The van der Waals surface area contributed by atoms with Crippen LogP contribution in [0, 0.1) is 0 Å². The number of esters is 1. The molecular formula is C24H27NO5. The Morgan fingerprint density at radius 3 is 2.47 bits per heavy atom. The van der Waals surface area contributed by atoms with Gasteiger partial charge < -0.3 is 19.2 Å². The van der Waals surface area contributed by atoms with Crippen molar-refractivity contribution in [2.24, 2.45) is 0 Å². The van der Waals surface area contributed by atoms with Gasteiger partial charge in [0.2, 0.25) is 5.76 Å². The molecule has 0 saturated carbocycles. The van der Waals surface area contributed by atoms with Gasteiger partial charge in [0, 0.05) is 30.5 Å². The van der Waals surface area contributed by atoms with Crippen molar-refractivity contribution < 1.29 is 23.5 Å². The average Bonchev–Trinajstić information content (AvgIpc) is 3.14. The molecule has 0 fully saturated rings. The maximum absolute atomic E-state index is 12.7. The Hall–Kier alpha value is -3.12. The van der Waals surface area contributed by atoms with Gasteiger partial charge in [0.15, 0.2) is 6.10 Å². The SMILES string of the molecule is CC[C@H](CNC(=O)[C@H](C)OC(=O)c1oc2ccccc2c1COC)c1ccccc1. The molecule has 6 heteroatoms. The normalized spacial score (nSPS) is 13.0. The standard InChI is InChI=1S/C24H27NO5/c1-4-17(18-10-6-5-7-11-18)14-25-23(26)16(2)29-24(27)22-20(15-28-3)19-12-8-9-13-21(19)30-22/h5-13,16-17H,4,14-15H2,1-3H3,(H,25,26)/t16-,17+/m0/s1.